The van der Waals surface area contributed by atoms with E-state index in [1.54, 1.807) is 42.6 Å². The molecule has 3 amide bonds. The summed E-state index contributed by atoms with van der Waals surface area (Å²) in [6, 6.07) is 16.1. The zero-order valence-electron chi connectivity index (χ0n) is 16.5. The van der Waals surface area contributed by atoms with Gasteiger partial charge in [-0.05, 0) is 25.1 Å². The molecule has 2 aromatic heterocycles. The molecule has 0 bridgehead atoms. The standard InChI is InChI=1S/C22H18N4O4S/c1-13-16-9-5-6-10-17(16)30-19(13)21(29)26-25-18(27)11-15-12-31-22(23-15)24-20(28)14-7-3-2-4-8-14/h2-10,12H,11H2,1H3,(H,25,27)(H,26,29)(H,23,24,28). The first-order valence-corrected chi connectivity index (χ1v) is 10.3. The molecule has 2 aromatic carbocycles. The third-order valence-corrected chi connectivity index (χ3v) is 5.32. The maximum absolute atomic E-state index is 12.4. The lowest BCUT2D eigenvalue weighted by atomic mass is 10.1. The molecular formula is C22H18N4O4S. The zero-order valence-corrected chi connectivity index (χ0v) is 17.3. The van der Waals surface area contributed by atoms with Crippen LogP contribution in [0.15, 0.2) is 64.4 Å². The first-order valence-electron chi connectivity index (χ1n) is 9.39. The highest BCUT2D eigenvalue weighted by Crippen LogP contribution is 2.24. The van der Waals surface area contributed by atoms with E-state index in [4.69, 9.17) is 4.42 Å². The van der Waals surface area contributed by atoms with E-state index < -0.39 is 11.8 Å². The van der Waals surface area contributed by atoms with Gasteiger partial charge in [-0.2, -0.15) is 0 Å². The van der Waals surface area contributed by atoms with Gasteiger partial charge in [0.2, 0.25) is 5.91 Å². The first-order chi connectivity index (χ1) is 15.0. The number of aromatic nitrogens is 1. The summed E-state index contributed by atoms with van der Waals surface area (Å²) < 4.78 is 5.57. The van der Waals surface area contributed by atoms with E-state index in [0.717, 1.165) is 5.39 Å². The number of hydrogen-bond acceptors (Lipinski definition) is 6. The molecule has 31 heavy (non-hydrogen) atoms. The Labute approximate surface area is 181 Å². The van der Waals surface area contributed by atoms with Crippen molar-refractivity contribution in [3.05, 3.63) is 82.6 Å². The number of furan rings is 1. The van der Waals surface area contributed by atoms with Gasteiger partial charge in [0.25, 0.3) is 5.91 Å². The number of rotatable bonds is 5. The van der Waals surface area contributed by atoms with Gasteiger partial charge in [-0.1, -0.05) is 36.4 Å². The quantitative estimate of drug-likeness (QED) is 0.417. The average Bonchev–Trinajstić information content (AvgIpc) is 3.36. The molecule has 0 spiro atoms. The van der Waals surface area contributed by atoms with Crippen molar-refractivity contribution in [3.8, 4) is 0 Å². The summed E-state index contributed by atoms with van der Waals surface area (Å²) in [5.41, 5.74) is 6.99. The molecule has 0 aliphatic heterocycles. The molecule has 4 aromatic rings. The van der Waals surface area contributed by atoms with Crippen molar-refractivity contribution in [2.24, 2.45) is 0 Å². The summed E-state index contributed by atoms with van der Waals surface area (Å²) in [5, 5.41) is 5.60. The minimum Gasteiger partial charge on any atom is -0.451 e. The summed E-state index contributed by atoms with van der Waals surface area (Å²) >= 11 is 1.21. The van der Waals surface area contributed by atoms with E-state index in [1.165, 1.54) is 11.3 Å². The molecule has 0 saturated heterocycles. The molecule has 2 heterocycles. The van der Waals surface area contributed by atoms with Crippen LogP contribution < -0.4 is 16.2 Å². The monoisotopic (exact) mass is 434 g/mol. The highest BCUT2D eigenvalue weighted by Gasteiger charge is 2.18. The smallest absolute Gasteiger partial charge is 0.305 e. The minimum atomic E-state index is -0.545. The molecule has 0 saturated carbocycles. The van der Waals surface area contributed by atoms with Crippen molar-refractivity contribution >= 4 is 45.2 Å². The third-order valence-electron chi connectivity index (χ3n) is 4.52. The number of aryl methyl sites for hydroxylation is 1. The number of benzene rings is 2. The number of para-hydroxylation sites is 1. The number of nitrogens with one attached hydrogen (secondary N) is 3. The van der Waals surface area contributed by atoms with Crippen LogP contribution in [0, 0.1) is 6.92 Å². The molecule has 0 aliphatic carbocycles. The summed E-state index contributed by atoms with van der Waals surface area (Å²) in [4.78, 5) is 41.0. The molecule has 4 rings (SSSR count). The van der Waals surface area contributed by atoms with Crippen LogP contribution in [0.25, 0.3) is 11.0 Å². The van der Waals surface area contributed by atoms with Crippen LogP contribution >= 0.6 is 11.3 Å². The van der Waals surface area contributed by atoms with Crippen molar-refractivity contribution < 1.29 is 18.8 Å². The van der Waals surface area contributed by atoms with Crippen LogP contribution in [-0.2, 0) is 11.2 Å². The number of fused-ring (bicyclic) bond motifs is 1. The lowest BCUT2D eigenvalue weighted by Gasteiger charge is -2.05. The van der Waals surface area contributed by atoms with Gasteiger partial charge in [-0.25, -0.2) is 4.98 Å². The number of carbonyl (C=O) groups excluding carboxylic acids is 3. The summed E-state index contributed by atoms with van der Waals surface area (Å²) in [5.74, 6) is -1.13. The van der Waals surface area contributed by atoms with Crippen molar-refractivity contribution in [2.45, 2.75) is 13.3 Å². The SMILES string of the molecule is Cc1c(C(=O)NNC(=O)Cc2csc(NC(=O)c3ccccc3)n2)oc2ccccc12. The highest BCUT2D eigenvalue weighted by atomic mass is 32.1. The van der Waals surface area contributed by atoms with Gasteiger partial charge in [-0.15, -0.1) is 11.3 Å². The molecule has 0 radical (unpaired) electrons. The maximum atomic E-state index is 12.4. The number of hydrazine groups is 1. The van der Waals surface area contributed by atoms with Gasteiger partial charge < -0.3 is 4.42 Å². The molecule has 8 nitrogen and oxygen atoms in total. The Morgan fingerprint density at radius 3 is 2.48 bits per heavy atom. The van der Waals surface area contributed by atoms with E-state index in [1.807, 2.05) is 24.3 Å². The number of carbonyl (C=O) groups is 3. The Bertz CT molecular complexity index is 1260. The Morgan fingerprint density at radius 1 is 0.968 bits per heavy atom. The second-order valence-electron chi connectivity index (χ2n) is 6.70. The maximum Gasteiger partial charge on any atom is 0.305 e. The summed E-state index contributed by atoms with van der Waals surface area (Å²) in [7, 11) is 0. The number of nitrogens with zero attached hydrogens (tertiary/aromatic N) is 1. The topological polar surface area (TPSA) is 113 Å². The molecule has 0 fully saturated rings. The summed E-state index contributed by atoms with van der Waals surface area (Å²) in [6.07, 6.45) is -0.0584. The fourth-order valence-electron chi connectivity index (χ4n) is 2.99. The van der Waals surface area contributed by atoms with E-state index in [-0.39, 0.29) is 18.1 Å². The Hall–Kier alpha value is -3.98. The van der Waals surface area contributed by atoms with E-state index in [0.29, 0.717) is 27.5 Å². The second-order valence-corrected chi connectivity index (χ2v) is 7.55. The van der Waals surface area contributed by atoms with E-state index in [2.05, 4.69) is 21.2 Å². The van der Waals surface area contributed by atoms with Gasteiger partial charge >= 0.3 is 5.91 Å². The van der Waals surface area contributed by atoms with Gasteiger partial charge in [0.1, 0.15) is 5.58 Å². The fraction of sp³-hybridized carbons (Fsp3) is 0.0909. The Balaban J connectivity index is 1.31. The largest absolute Gasteiger partial charge is 0.451 e. The molecule has 3 N–H and O–H groups in total. The van der Waals surface area contributed by atoms with Crippen LogP contribution in [0.2, 0.25) is 0 Å². The van der Waals surface area contributed by atoms with Crippen molar-refractivity contribution in [2.75, 3.05) is 5.32 Å². The Kier molecular flexibility index (Phi) is 5.76. The van der Waals surface area contributed by atoms with E-state index >= 15 is 0 Å². The molecule has 156 valence electrons. The number of hydrogen-bond donors (Lipinski definition) is 3. The molecular weight excluding hydrogens is 416 g/mol. The lowest BCUT2D eigenvalue weighted by Crippen LogP contribution is -2.42. The van der Waals surface area contributed by atoms with Crippen molar-refractivity contribution in [1.82, 2.24) is 15.8 Å². The highest BCUT2D eigenvalue weighted by molar-refractivity contribution is 7.14. The van der Waals surface area contributed by atoms with Crippen LogP contribution in [0.1, 0.15) is 32.2 Å². The van der Waals surface area contributed by atoms with Gasteiger partial charge in [0.05, 0.1) is 12.1 Å². The van der Waals surface area contributed by atoms with Crippen molar-refractivity contribution in [3.63, 3.8) is 0 Å². The van der Waals surface area contributed by atoms with Gasteiger partial charge in [-0.3, -0.25) is 30.6 Å². The van der Waals surface area contributed by atoms with Crippen LogP contribution in [0.4, 0.5) is 5.13 Å². The molecule has 9 heteroatoms. The van der Waals surface area contributed by atoms with Crippen LogP contribution in [-0.4, -0.2) is 22.7 Å². The first kappa shape index (κ1) is 20.3. The van der Waals surface area contributed by atoms with Crippen LogP contribution in [0.5, 0.6) is 0 Å². The predicted octanol–water partition coefficient (Wildman–Crippen LogP) is 3.45. The second kappa shape index (κ2) is 8.80. The number of thiazole rings is 1. The molecule has 0 unspecified atom stereocenters. The van der Waals surface area contributed by atoms with Gasteiger partial charge in [0.15, 0.2) is 10.9 Å². The minimum absolute atomic E-state index is 0.0584. The lowest BCUT2D eigenvalue weighted by molar-refractivity contribution is -0.121. The normalized spacial score (nSPS) is 10.6. The van der Waals surface area contributed by atoms with Gasteiger partial charge in [0, 0.05) is 21.9 Å². The molecule has 0 atom stereocenters. The zero-order chi connectivity index (χ0) is 21.8. The fourth-order valence-corrected chi connectivity index (χ4v) is 3.69. The third kappa shape index (κ3) is 4.62. The van der Waals surface area contributed by atoms with Crippen molar-refractivity contribution in [1.29, 1.82) is 0 Å². The summed E-state index contributed by atoms with van der Waals surface area (Å²) in [6.45, 7) is 1.78. The number of amides is 3. The molecule has 0 aliphatic rings. The predicted molar refractivity (Wildman–Crippen MR) is 117 cm³/mol. The average molecular weight is 434 g/mol. The van der Waals surface area contributed by atoms with E-state index in [9.17, 15) is 14.4 Å². The number of anilines is 1. The Morgan fingerprint density at radius 2 is 1.71 bits per heavy atom. The van der Waals surface area contributed by atoms with Crippen LogP contribution in [0.3, 0.4) is 0 Å².